The van der Waals surface area contributed by atoms with Gasteiger partial charge in [-0.1, -0.05) is 48.1 Å². The average Bonchev–Trinajstić information content (AvgIpc) is 2.68. The number of dihydropyridines is 1. The van der Waals surface area contributed by atoms with Crippen molar-refractivity contribution in [3.8, 4) is 0 Å². The molecule has 2 aliphatic rings. The second-order valence-electron chi connectivity index (χ2n) is 6.77. The van der Waals surface area contributed by atoms with Gasteiger partial charge in [0.1, 0.15) is 0 Å². The largest absolute Gasteiger partial charge is 0.416 e. The molecule has 0 saturated heterocycles. The Hall–Kier alpha value is -2.18. The zero-order chi connectivity index (χ0) is 22.3. The van der Waals surface area contributed by atoms with Crippen molar-refractivity contribution in [3.63, 3.8) is 0 Å². The Morgan fingerprint density at radius 1 is 1.40 bits per heavy atom. The lowest BCUT2D eigenvalue weighted by molar-refractivity contribution is -0.119. The van der Waals surface area contributed by atoms with Crippen molar-refractivity contribution in [1.82, 2.24) is 10.6 Å². The lowest BCUT2D eigenvalue weighted by atomic mass is 9.91. The molecule has 0 saturated carbocycles. The van der Waals surface area contributed by atoms with Gasteiger partial charge in [-0.15, -0.1) is 11.6 Å². The van der Waals surface area contributed by atoms with Crippen LogP contribution in [0.15, 0.2) is 82.1 Å². The van der Waals surface area contributed by atoms with Crippen LogP contribution in [-0.4, -0.2) is 30.6 Å². The van der Waals surface area contributed by atoms with Crippen LogP contribution in [0.1, 0.15) is 19.8 Å². The highest BCUT2D eigenvalue weighted by Crippen LogP contribution is 2.32. The number of carbonyl (C=O) groups excluding carboxylic acids is 1. The molecule has 0 aromatic rings. The van der Waals surface area contributed by atoms with Crippen LogP contribution in [0.4, 0.5) is 13.2 Å². The van der Waals surface area contributed by atoms with Gasteiger partial charge >= 0.3 is 6.18 Å². The standard InChI is InChI=1S/C22H23Cl2F3N2O/c1-3-4-5-19(14(2)22(25,26)27)21(30)29-9-8-15-6-7-16(11-20(15)24)17-10-18(23)13-28-12-17/h3-7,10,12,20,28H,2,8-9,11,13H2,1H3,(H,29,30)/b4-3-,19-5+. The predicted octanol–water partition coefficient (Wildman–Crippen LogP) is 5.59. The maximum atomic E-state index is 13.0. The quantitative estimate of drug-likeness (QED) is 0.296. The molecule has 1 amide bonds. The predicted molar refractivity (Wildman–Crippen MR) is 116 cm³/mol. The molecule has 0 radical (unpaired) electrons. The Bertz CT molecular complexity index is 877. The van der Waals surface area contributed by atoms with E-state index >= 15 is 0 Å². The lowest BCUT2D eigenvalue weighted by Crippen LogP contribution is -2.30. The number of hydrogen-bond donors (Lipinski definition) is 2. The van der Waals surface area contributed by atoms with E-state index in [1.54, 1.807) is 6.92 Å². The van der Waals surface area contributed by atoms with Gasteiger partial charge in [-0.2, -0.15) is 13.2 Å². The van der Waals surface area contributed by atoms with Crippen molar-refractivity contribution in [2.24, 2.45) is 0 Å². The van der Waals surface area contributed by atoms with Gasteiger partial charge in [-0.25, -0.2) is 0 Å². The summed E-state index contributed by atoms with van der Waals surface area (Å²) in [5.74, 6) is -0.826. The van der Waals surface area contributed by atoms with E-state index < -0.39 is 23.2 Å². The van der Waals surface area contributed by atoms with Gasteiger partial charge in [0.25, 0.3) is 5.91 Å². The molecule has 1 atom stereocenters. The summed E-state index contributed by atoms with van der Waals surface area (Å²) in [5.41, 5.74) is 1.20. The van der Waals surface area contributed by atoms with Gasteiger partial charge in [0, 0.05) is 17.8 Å². The summed E-state index contributed by atoms with van der Waals surface area (Å²) in [6.45, 7) is 5.41. The van der Waals surface area contributed by atoms with Crippen LogP contribution in [0.2, 0.25) is 0 Å². The van der Waals surface area contributed by atoms with Gasteiger partial charge in [-0.05, 0) is 43.1 Å². The number of halogens is 5. The third-order valence-electron chi connectivity index (χ3n) is 4.58. The summed E-state index contributed by atoms with van der Waals surface area (Å²) < 4.78 is 38.9. The van der Waals surface area contributed by atoms with Crippen molar-refractivity contribution in [1.29, 1.82) is 0 Å². The van der Waals surface area contributed by atoms with Crippen LogP contribution < -0.4 is 10.6 Å². The summed E-state index contributed by atoms with van der Waals surface area (Å²) in [6, 6.07) is 0. The molecule has 1 heterocycles. The van der Waals surface area contributed by atoms with E-state index in [1.807, 2.05) is 24.4 Å². The number of amides is 1. The Morgan fingerprint density at radius 2 is 2.13 bits per heavy atom. The second kappa shape index (κ2) is 10.7. The number of carbonyl (C=O) groups is 1. The normalized spacial score (nSPS) is 20.1. The van der Waals surface area contributed by atoms with Gasteiger partial charge in [0.2, 0.25) is 0 Å². The van der Waals surface area contributed by atoms with Crippen LogP contribution in [0.5, 0.6) is 0 Å². The molecule has 0 aromatic carbocycles. The van der Waals surface area contributed by atoms with Gasteiger partial charge < -0.3 is 10.6 Å². The first-order valence-electron chi connectivity index (χ1n) is 9.34. The van der Waals surface area contributed by atoms with E-state index in [0.29, 0.717) is 24.4 Å². The summed E-state index contributed by atoms with van der Waals surface area (Å²) in [4.78, 5) is 12.3. The third-order valence-corrected chi connectivity index (χ3v) is 5.26. The van der Waals surface area contributed by atoms with E-state index in [1.165, 1.54) is 12.2 Å². The molecular formula is C22H23Cl2F3N2O. The monoisotopic (exact) mass is 458 g/mol. The van der Waals surface area contributed by atoms with Crippen molar-refractivity contribution >= 4 is 29.1 Å². The third kappa shape index (κ3) is 6.67. The Balaban J connectivity index is 2.00. The van der Waals surface area contributed by atoms with Crippen molar-refractivity contribution in [2.45, 2.75) is 31.3 Å². The smallest absolute Gasteiger partial charge is 0.385 e. The number of alkyl halides is 4. The van der Waals surface area contributed by atoms with Crippen molar-refractivity contribution < 1.29 is 18.0 Å². The van der Waals surface area contributed by atoms with Crippen LogP contribution in [0.25, 0.3) is 0 Å². The Kier molecular flexibility index (Phi) is 8.62. The summed E-state index contributed by atoms with van der Waals surface area (Å²) in [7, 11) is 0. The first-order chi connectivity index (χ1) is 14.1. The molecule has 0 aromatic heterocycles. The van der Waals surface area contributed by atoms with Crippen LogP contribution in [0.3, 0.4) is 0 Å². The molecule has 3 nitrogen and oxygen atoms in total. The fourth-order valence-electron chi connectivity index (χ4n) is 2.94. The van der Waals surface area contributed by atoms with E-state index in [2.05, 4.69) is 17.2 Å². The molecule has 30 heavy (non-hydrogen) atoms. The zero-order valence-corrected chi connectivity index (χ0v) is 18.0. The van der Waals surface area contributed by atoms with Crippen LogP contribution in [0, 0.1) is 0 Å². The Labute approximate surface area is 184 Å². The molecule has 0 fully saturated rings. The summed E-state index contributed by atoms with van der Waals surface area (Å²) in [6.07, 6.45) is 7.93. The Morgan fingerprint density at radius 3 is 2.73 bits per heavy atom. The number of rotatable bonds is 7. The fourth-order valence-corrected chi connectivity index (χ4v) is 3.48. The SMILES string of the molecule is C=C(/C(=C\C=C/C)C(=O)NCCC1=CC=C(C2=CNCC(Cl)=C2)CC1Cl)C(F)(F)F. The van der Waals surface area contributed by atoms with Gasteiger partial charge in [0.05, 0.1) is 23.1 Å². The number of nitrogens with one attached hydrogen (secondary N) is 2. The molecule has 0 bridgehead atoms. The van der Waals surface area contributed by atoms with Crippen molar-refractivity contribution in [2.75, 3.05) is 13.1 Å². The average molecular weight is 459 g/mol. The van der Waals surface area contributed by atoms with Crippen LogP contribution >= 0.6 is 23.2 Å². The van der Waals surface area contributed by atoms with Gasteiger partial charge in [0.15, 0.2) is 0 Å². The molecule has 0 spiro atoms. The number of allylic oxidation sites excluding steroid dienone is 8. The molecule has 1 unspecified atom stereocenters. The van der Waals surface area contributed by atoms with E-state index in [0.717, 1.165) is 22.8 Å². The first-order valence-corrected chi connectivity index (χ1v) is 10.2. The summed E-state index contributed by atoms with van der Waals surface area (Å²) in [5, 5.41) is 6.04. The molecule has 1 aliphatic heterocycles. The lowest BCUT2D eigenvalue weighted by Gasteiger charge is -2.22. The molecule has 162 valence electrons. The van der Waals surface area contributed by atoms with E-state index in [4.69, 9.17) is 23.2 Å². The van der Waals surface area contributed by atoms with Gasteiger partial charge in [-0.3, -0.25) is 4.79 Å². The zero-order valence-electron chi connectivity index (χ0n) is 16.5. The van der Waals surface area contributed by atoms with E-state index in [-0.39, 0.29) is 11.9 Å². The highest BCUT2D eigenvalue weighted by molar-refractivity contribution is 6.30. The second-order valence-corrected chi connectivity index (χ2v) is 7.78. The fraction of sp³-hybridized carbons (Fsp3) is 0.318. The molecule has 2 N–H and O–H groups in total. The highest BCUT2D eigenvalue weighted by Gasteiger charge is 2.36. The maximum absolute atomic E-state index is 13.0. The molecule has 1 aliphatic carbocycles. The number of hydrogen-bond acceptors (Lipinski definition) is 2. The topological polar surface area (TPSA) is 41.1 Å². The summed E-state index contributed by atoms with van der Waals surface area (Å²) >= 11 is 12.5. The minimum atomic E-state index is -4.68. The maximum Gasteiger partial charge on any atom is 0.416 e. The first kappa shape index (κ1) is 24.1. The van der Waals surface area contributed by atoms with E-state index in [9.17, 15) is 18.0 Å². The molecule has 2 rings (SSSR count). The molecule has 8 heteroatoms. The van der Waals surface area contributed by atoms with Crippen LogP contribution in [-0.2, 0) is 4.79 Å². The molecular weight excluding hydrogens is 436 g/mol. The minimum absolute atomic E-state index is 0.158. The minimum Gasteiger partial charge on any atom is -0.385 e. The highest BCUT2D eigenvalue weighted by atomic mass is 35.5. The van der Waals surface area contributed by atoms with Crippen molar-refractivity contribution in [3.05, 3.63) is 82.1 Å².